The van der Waals surface area contributed by atoms with E-state index in [1.165, 1.54) is 17.8 Å². The molecule has 156 valence electrons. The Balaban J connectivity index is 1.64. The molecule has 2 aliphatic rings. The largest absolute Gasteiger partial charge is 0.454 e. The normalized spacial score (nSPS) is 15.7. The lowest BCUT2D eigenvalue weighted by atomic mass is 10.1. The maximum atomic E-state index is 11.8. The maximum Gasteiger partial charge on any atom is 0.282 e. The molecule has 11 heteroatoms. The summed E-state index contributed by atoms with van der Waals surface area (Å²) in [6, 6.07) is 10.3. The van der Waals surface area contributed by atoms with Crippen LogP contribution in [0, 0.1) is 10.1 Å². The number of para-hydroxylation sites is 1. The third-order valence-corrected chi connectivity index (χ3v) is 5.50. The van der Waals surface area contributed by atoms with E-state index in [-0.39, 0.29) is 23.9 Å². The molecular weight excluding hydrogens is 422 g/mol. The maximum absolute atomic E-state index is 11.8. The summed E-state index contributed by atoms with van der Waals surface area (Å²) in [6.45, 7) is 3.69. The molecule has 1 N–H and O–H groups in total. The van der Waals surface area contributed by atoms with Gasteiger partial charge >= 0.3 is 0 Å². The van der Waals surface area contributed by atoms with Crippen LogP contribution in [0.3, 0.4) is 0 Å². The van der Waals surface area contributed by atoms with Crippen LogP contribution in [0.15, 0.2) is 54.2 Å². The number of ether oxygens (including phenoxy) is 3. The van der Waals surface area contributed by atoms with Crippen molar-refractivity contribution in [3.8, 4) is 28.6 Å². The first kappa shape index (κ1) is 19.1. The van der Waals surface area contributed by atoms with Gasteiger partial charge in [0.2, 0.25) is 24.1 Å². The molecule has 3 heterocycles. The number of rotatable bonds is 5. The van der Waals surface area contributed by atoms with Gasteiger partial charge in [0, 0.05) is 17.0 Å². The van der Waals surface area contributed by atoms with E-state index >= 15 is 0 Å². The molecule has 5 rings (SSSR count). The molecule has 0 fully saturated rings. The molecule has 2 aromatic carbocycles. The number of thioether (sulfide) groups is 1. The fourth-order valence-corrected chi connectivity index (χ4v) is 3.81. The van der Waals surface area contributed by atoms with Gasteiger partial charge in [-0.25, -0.2) is 0 Å². The molecule has 0 bridgehead atoms. The van der Waals surface area contributed by atoms with E-state index in [2.05, 4.69) is 27.1 Å². The predicted molar refractivity (Wildman–Crippen MR) is 112 cm³/mol. The number of nitrogens with one attached hydrogen (secondary N) is 1. The van der Waals surface area contributed by atoms with Gasteiger partial charge in [0.05, 0.1) is 16.6 Å². The summed E-state index contributed by atoms with van der Waals surface area (Å²) < 4.78 is 16.8. The molecule has 0 amide bonds. The van der Waals surface area contributed by atoms with Crippen LogP contribution in [0.1, 0.15) is 11.8 Å². The molecular formula is C20H15N5O5S. The topological polar surface area (TPSA) is 122 Å². The highest BCUT2D eigenvalue weighted by Gasteiger charge is 2.33. The standard InChI is InChI=1S/C20H15N5O5S/c1-2-7-31-20-22-19-17(23-24-20)11-5-3-4-6-13(11)21-18(30-19)12-8-15-16(29-10-28-15)9-14(12)25(26)27/h2-6,8-9,18,21H,1,7,10H2/t18-/m0/s1. The first-order chi connectivity index (χ1) is 15.1. The summed E-state index contributed by atoms with van der Waals surface area (Å²) in [5.41, 5.74) is 1.96. The Morgan fingerprint density at radius 2 is 2.06 bits per heavy atom. The smallest absolute Gasteiger partial charge is 0.282 e. The number of aromatic nitrogens is 3. The van der Waals surface area contributed by atoms with E-state index in [4.69, 9.17) is 14.2 Å². The van der Waals surface area contributed by atoms with Crippen LogP contribution in [0.2, 0.25) is 0 Å². The summed E-state index contributed by atoms with van der Waals surface area (Å²) >= 11 is 1.35. The van der Waals surface area contributed by atoms with Crippen molar-refractivity contribution in [1.29, 1.82) is 0 Å². The van der Waals surface area contributed by atoms with Gasteiger partial charge in [0.25, 0.3) is 5.69 Å². The minimum Gasteiger partial charge on any atom is -0.454 e. The Hall–Kier alpha value is -3.86. The van der Waals surface area contributed by atoms with Crippen LogP contribution in [-0.2, 0) is 0 Å². The van der Waals surface area contributed by atoms with Gasteiger partial charge in [0.15, 0.2) is 17.2 Å². The van der Waals surface area contributed by atoms with Crippen molar-refractivity contribution in [2.45, 2.75) is 11.4 Å². The van der Waals surface area contributed by atoms with Gasteiger partial charge in [-0.3, -0.25) is 10.1 Å². The van der Waals surface area contributed by atoms with E-state index in [1.807, 2.05) is 24.3 Å². The second kappa shape index (κ2) is 7.76. The predicted octanol–water partition coefficient (Wildman–Crippen LogP) is 3.96. The van der Waals surface area contributed by atoms with Gasteiger partial charge in [-0.05, 0) is 12.1 Å². The molecule has 31 heavy (non-hydrogen) atoms. The fraction of sp³-hybridized carbons (Fsp3) is 0.150. The van der Waals surface area contributed by atoms with Crippen molar-refractivity contribution in [2.75, 3.05) is 17.9 Å². The average Bonchev–Trinajstić information content (AvgIpc) is 3.17. The van der Waals surface area contributed by atoms with Crippen molar-refractivity contribution in [3.05, 3.63) is 64.7 Å². The molecule has 0 saturated heterocycles. The highest BCUT2D eigenvalue weighted by molar-refractivity contribution is 7.99. The van der Waals surface area contributed by atoms with E-state index in [0.717, 1.165) is 5.56 Å². The Labute approximate surface area is 180 Å². The van der Waals surface area contributed by atoms with Crippen LogP contribution in [0.4, 0.5) is 11.4 Å². The fourth-order valence-electron chi connectivity index (χ4n) is 3.30. The number of hydrogen-bond donors (Lipinski definition) is 1. The molecule has 1 aromatic heterocycles. The van der Waals surface area contributed by atoms with Crippen molar-refractivity contribution in [2.24, 2.45) is 0 Å². The molecule has 0 unspecified atom stereocenters. The third kappa shape index (κ3) is 3.48. The second-order valence-electron chi connectivity index (χ2n) is 6.56. The second-order valence-corrected chi connectivity index (χ2v) is 7.54. The highest BCUT2D eigenvalue weighted by atomic mass is 32.2. The van der Waals surface area contributed by atoms with E-state index in [0.29, 0.717) is 33.8 Å². The van der Waals surface area contributed by atoms with Gasteiger partial charge < -0.3 is 19.5 Å². The van der Waals surface area contributed by atoms with Crippen molar-refractivity contribution >= 4 is 23.1 Å². The Morgan fingerprint density at radius 3 is 2.87 bits per heavy atom. The molecule has 2 aliphatic heterocycles. The minimum atomic E-state index is -0.925. The van der Waals surface area contributed by atoms with E-state index in [9.17, 15) is 10.1 Å². The molecule has 10 nitrogen and oxygen atoms in total. The number of nitrogens with zero attached hydrogens (tertiary/aromatic N) is 4. The average molecular weight is 437 g/mol. The zero-order chi connectivity index (χ0) is 21.4. The van der Waals surface area contributed by atoms with Crippen LogP contribution >= 0.6 is 11.8 Å². The molecule has 1 atom stereocenters. The van der Waals surface area contributed by atoms with Crippen molar-refractivity contribution < 1.29 is 19.1 Å². The number of fused-ring (bicyclic) bond motifs is 4. The lowest BCUT2D eigenvalue weighted by Crippen LogP contribution is -2.18. The van der Waals surface area contributed by atoms with Crippen molar-refractivity contribution in [3.63, 3.8) is 0 Å². The molecule has 0 spiro atoms. The first-order valence-electron chi connectivity index (χ1n) is 9.23. The number of anilines is 1. The monoisotopic (exact) mass is 437 g/mol. The lowest BCUT2D eigenvalue weighted by Gasteiger charge is -2.19. The summed E-state index contributed by atoms with van der Waals surface area (Å²) in [4.78, 5) is 15.8. The zero-order valence-corrected chi connectivity index (χ0v) is 16.8. The quantitative estimate of drug-likeness (QED) is 0.272. The minimum absolute atomic E-state index is 0.00158. The Bertz CT molecular complexity index is 1200. The number of nitro groups is 1. The van der Waals surface area contributed by atoms with Crippen LogP contribution in [0.25, 0.3) is 11.3 Å². The zero-order valence-electron chi connectivity index (χ0n) is 16.0. The van der Waals surface area contributed by atoms with Crippen LogP contribution in [-0.4, -0.2) is 32.7 Å². The van der Waals surface area contributed by atoms with E-state index < -0.39 is 11.2 Å². The van der Waals surface area contributed by atoms with Gasteiger partial charge in [-0.2, -0.15) is 4.98 Å². The van der Waals surface area contributed by atoms with Gasteiger partial charge in [0.1, 0.15) is 0 Å². The Kier molecular flexibility index (Phi) is 4.79. The summed E-state index contributed by atoms with van der Waals surface area (Å²) in [5.74, 6) is 1.55. The van der Waals surface area contributed by atoms with Crippen molar-refractivity contribution in [1.82, 2.24) is 15.2 Å². The van der Waals surface area contributed by atoms with Gasteiger partial charge in [-0.15, -0.1) is 16.8 Å². The number of hydrogen-bond acceptors (Lipinski definition) is 10. The van der Waals surface area contributed by atoms with Crippen LogP contribution in [0.5, 0.6) is 17.4 Å². The summed E-state index contributed by atoms with van der Waals surface area (Å²) in [6.07, 6.45) is 0.808. The third-order valence-electron chi connectivity index (χ3n) is 4.66. The molecule has 0 aliphatic carbocycles. The Morgan fingerprint density at radius 1 is 1.26 bits per heavy atom. The van der Waals surface area contributed by atoms with E-state index in [1.54, 1.807) is 12.1 Å². The summed E-state index contributed by atoms with van der Waals surface area (Å²) in [5, 5.41) is 23.9. The summed E-state index contributed by atoms with van der Waals surface area (Å²) in [7, 11) is 0. The number of nitro benzene ring substituents is 1. The molecule has 0 saturated carbocycles. The van der Waals surface area contributed by atoms with Gasteiger partial charge in [-0.1, -0.05) is 36.0 Å². The molecule has 3 aromatic rings. The number of benzene rings is 2. The first-order valence-corrected chi connectivity index (χ1v) is 10.2. The SMILES string of the molecule is C=CCSc1nnc2c(n1)O[C@@H](c1cc3c(cc1[N+](=O)[O-])OCO3)Nc1ccccc1-2. The molecule has 0 radical (unpaired) electrons. The lowest BCUT2D eigenvalue weighted by molar-refractivity contribution is -0.386. The van der Waals surface area contributed by atoms with Crippen LogP contribution < -0.4 is 19.5 Å². The highest BCUT2D eigenvalue weighted by Crippen LogP contribution is 2.44.